The van der Waals surface area contributed by atoms with Crippen LogP contribution in [0.4, 0.5) is 0 Å². The maximum Gasteiger partial charge on any atom is 0.163 e. The van der Waals surface area contributed by atoms with Gasteiger partial charge in [0.05, 0.1) is 6.54 Å². The molecule has 0 spiro atoms. The zero-order valence-electron chi connectivity index (χ0n) is 15.9. The molecule has 142 valence electrons. The van der Waals surface area contributed by atoms with E-state index in [1.54, 1.807) is 0 Å². The van der Waals surface area contributed by atoms with Gasteiger partial charge < -0.3 is 9.97 Å². The number of H-pyrrole nitrogens is 2. The summed E-state index contributed by atoms with van der Waals surface area (Å²) in [6.45, 7) is 3.09. The van der Waals surface area contributed by atoms with Crippen molar-refractivity contribution in [2.24, 2.45) is 5.92 Å². The number of aromatic nitrogens is 4. The highest BCUT2D eigenvalue weighted by molar-refractivity contribution is 5.93. The predicted molar refractivity (Wildman–Crippen MR) is 112 cm³/mol. The molecule has 5 rings (SSSR count). The predicted octanol–water partition coefficient (Wildman–Crippen LogP) is 4.41. The fraction of sp³-hybridized carbons (Fsp3) is 0.304. The highest BCUT2D eigenvalue weighted by Gasteiger charge is 2.21. The van der Waals surface area contributed by atoms with Crippen LogP contribution in [0.5, 0.6) is 0 Å². The molecule has 2 N–H and O–H groups in total. The zero-order valence-corrected chi connectivity index (χ0v) is 15.9. The van der Waals surface area contributed by atoms with Crippen LogP contribution in [0.1, 0.15) is 24.2 Å². The van der Waals surface area contributed by atoms with Gasteiger partial charge in [0.1, 0.15) is 5.82 Å². The first kappa shape index (κ1) is 17.2. The number of rotatable bonds is 5. The van der Waals surface area contributed by atoms with Crippen LogP contribution in [0.3, 0.4) is 0 Å². The quantitative estimate of drug-likeness (QED) is 0.546. The lowest BCUT2D eigenvalue weighted by molar-refractivity contribution is 0.173. The number of piperidine rings is 1. The molecule has 2 aromatic heterocycles. The summed E-state index contributed by atoms with van der Waals surface area (Å²) in [4.78, 5) is 9.21. The van der Waals surface area contributed by atoms with Crippen molar-refractivity contribution in [3.63, 3.8) is 0 Å². The summed E-state index contributed by atoms with van der Waals surface area (Å²) in [6.07, 6.45) is 5.70. The number of nitrogens with one attached hydrogen (secondary N) is 2. The number of hydrogen-bond acceptors (Lipinski definition) is 3. The second-order valence-corrected chi connectivity index (χ2v) is 7.78. The Morgan fingerprint density at radius 3 is 2.57 bits per heavy atom. The van der Waals surface area contributed by atoms with Crippen molar-refractivity contribution < 1.29 is 0 Å². The van der Waals surface area contributed by atoms with Gasteiger partial charge in [-0.05, 0) is 49.9 Å². The lowest BCUT2D eigenvalue weighted by atomic mass is 9.90. The molecule has 28 heavy (non-hydrogen) atoms. The van der Waals surface area contributed by atoms with Crippen LogP contribution >= 0.6 is 0 Å². The highest BCUT2D eigenvalue weighted by atomic mass is 15.3. The third kappa shape index (κ3) is 3.58. The molecule has 5 nitrogen and oxygen atoms in total. The number of hydrogen-bond donors (Lipinski definition) is 2. The van der Waals surface area contributed by atoms with E-state index in [4.69, 9.17) is 0 Å². The number of likely N-dealkylation sites (tertiary alicyclic amines) is 1. The molecule has 1 saturated heterocycles. The van der Waals surface area contributed by atoms with Crippen LogP contribution in [-0.4, -0.2) is 38.2 Å². The molecule has 1 fully saturated rings. The Kier molecular flexibility index (Phi) is 4.67. The Bertz CT molecular complexity index is 1040. The fourth-order valence-corrected chi connectivity index (χ4v) is 4.26. The van der Waals surface area contributed by atoms with Crippen LogP contribution in [0.25, 0.3) is 22.3 Å². The van der Waals surface area contributed by atoms with Gasteiger partial charge in [-0.25, -0.2) is 0 Å². The second-order valence-electron chi connectivity index (χ2n) is 7.78. The number of benzene rings is 2. The van der Waals surface area contributed by atoms with E-state index in [1.807, 2.05) is 12.3 Å². The minimum Gasteiger partial charge on any atom is -0.360 e. The van der Waals surface area contributed by atoms with E-state index in [2.05, 4.69) is 73.6 Å². The first-order valence-corrected chi connectivity index (χ1v) is 10.1. The summed E-state index contributed by atoms with van der Waals surface area (Å²) in [5.74, 6) is 2.57. The van der Waals surface area contributed by atoms with Crippen molar-refractivity contribution in [2.45, 2.75) is 25.8 Å². The molecule has 5 heteroatoms. The van der Waals surface area contributed by atoms with Crippen molar-refractivity contribution in [1.82, 2.24) is 25.1 Å². The van der Waals surface area contributed by atoms with Crippen molar-refractivity contribution >= 4 is 10.9 Å². The van der Waals surface area contributed by atoms with Gasteiger partial charge in [0, 0.05) is 22.7 Å². The summed E-state index contributed by atoms with van der Waals surface area (Å²) in [5, 5.41) is 9.96. The maximum absolute atomic E-state index is 4.40. The van der Waals surface area contributed by atoms with Gasteiger partial charge >= 0.3 is 0 Å². The van der Waals surface area contributed by atoms with Crippen LogP contribution < -0.4 is 0 Å². The van der Waals surface area contributed by atoms with Crippen LogP contribution in [0, 0.1) is 5.92 Å². The monoisotopic (exact) mass is 371 g/mol. The van der Waals surface area contributed by atoms with Gasteiger partial charge in [-0.15, -0.1) is 10.2 Å². The smallest absolute Gasteiger partial charge is 0.163 e. The van der Waals surface area contributed by atoms with Gasteiger partial charge in [-0.2, -0.15) is 0 Å². The fourth-order valence-electron chi connectivity index (χ4n) is 4.26. The Morgan fingerprint density at radius 2 is 1.71 bits per heavy atom. The molecule has 1 aliphatic heterocycles. The average Bonchev–Trinajstić information content (AvgIpc) is 3.37. The van der Waals surface area contributed by atoms with Crippen molar-refractivity contribution in [1.29, 1.82) is 0 Å². The Morgan fingerprint density at radius 1 is 0.929 bits per heavy atom. The summed E-state index contributed by atoms with van der Waals surface area (Å²) in [7, 11) is 0. The van der Waals surface area contributed by atoms with E-state index in [0.29, 0.717) is 0 Å². The van der Waals surface area contributed by atoms with Gasteiger partial charge in [-0.1, -0.05) is 48.5 Å². The second kappa shape index (κ2) is 7.60. The Labute approximate surface area is 164 Å². The Hall–Kier alpha value is -2.92. The van der Waals surface area contributed by atoms with Gasteiger partial charge in [-0.3, -0.25) is 4.90 Å². The average molecular weight is 371 g/mol. The topological polar surface area (TPSA) is 60.6 Å². The lowest BCUT2D eigenvalue weighted by Crippen LogP contribution is -2.34. The third-order valence-corrected chi connectivity index (χ3v) is 5.83. The Balaban J connectivity index is 1.20. The summed E-state index contributed by atoms with van der Waals surface area (Å²) >= 11 is 0. The van der Waals surface area contributed by atoms with Gasteiger partial charge in [0.2, 0.25) is 0 Å². The molecule has 4 aromatic rings. The van der Waals surface area contributed by atoms with E-state index in [9.17, 15) is 0 Å². The van der Waals surface area contributed by atoms with E-state index in [-0.39, 0.29) is 0 Å². The standard InChI is InChI=1S/C23H25N5/c1-2-6-17(7-3-1)14-18-10-12-28(13-11-18)16-22-25-23(27-26-22)20-15-24-21-9-5-4-8-19(20)21/h1-9,15,18,24H,10-14,16H2,(H,25,26,27). The molecular weight excluding hydrogens is 346 g/mol. The SMILES string of the molecule is c1ccc(CC2CCN(Cc3nnc(-c4c[nH]c5ccccc45)[nH]3)CC2)cc1. The lowest BCUT2D eigenvalue weighted by Gasteiger charge is -2.31. The summed E-state index contributed by atoms with van der Waals surface area (Å²) in [6, 6.07) is 19.1. The molecule has 0 saturated carbocycles. The van der Waals surface area contributed by atoms with E-state index >= 15 is 0 Å². The van der Waals surface area contributed by atoms with Crippen molar-refractivity contribution in [3.05, 3.63) is 72.2 Å². The molecule has 0 unspecified atom stereocenters. The van der Waals surface area contributed by atoms with Crippen LogP contribution in [-0.2, 0) is 13.0 Å². The molecule has 0 aliphatic carbocycles. The van der Waals surface area contributed by atoms with Crippen molar-refractivity contribution in [2.75, 3.05) is 13.1 Å². The first-order chi connectivity index (χ1) is 13.8. The molecule has 0 atom stereocenters. The molecule has 0 bridgehead atoms. The van der Waals surface area contributed by atoms with E-state index in [0.717, 1.165) is 48.3 Å². The first-order valence-electron chi connectivity index (χ1n) is 10.1. The summed E-state index contributed by atoms with van der Waals surface area (Å²) < 4.78 is 0. The molecule has 0 radical (unpaired) electrons. The molecule has 3 heterocycles. The van der Waals surface area contributed by atoms with E-state index < -0.39 is 0 Å². The number of para-hydroxylation sites is 1. The number of aromatic amines is 2. The van der Waals surface area contributed by atoms with Crippen molar-refractivity contribution in [3.8, 4) is 11.4 Å². The number of fused-ring (bicyclic) bond motifs is 1. The molecule has 0 amide bonds. The minimum absolute atomic E-state index is 0.787. The molecule has 1 aliphatic rings. The zero-order chi connectivity index (χ0) is 18.8. The van der Waals surface area contributed by atoms with Crippen LogP contribution in [0.2, 0.25) is 0 Å². The largest absolute Gasteiger partial charge is 0.360 e. The maximum atomic E-state index is 4.40. The third-order valence-electron chi connectivity index (χ3n) is 5.83. The summed E-state index contributed by atoms with van der Waals surface area (Å²) in [5.41, 5.74) is 3.66. The molecule has 2 aromatic carbocycles. The highest BCUT2D eigenvalue weighted by Crippen LogP contribution is 2.26. The van der Waals surface area contributed by atoms with Crippen LogP contribution in [0.15, 0.2) is 60.8 Å². The number of nitrogens with zero attached hydrogens (tertiary/aromatic N) is 3. The molecular formula is C23H25N5. The van der Waals surface area contributed by atoms with Gasteiger partial charge in [0.15, 0.2) is 5.82 Å². The van der Waals surface area contributed by atoms with E-state index in [1.165, 1.54) is 30.2 Å². The van der Waals surface area contributed by atoms with Gasteiger partial charge in [0.25, 0.3) is 0 Å². The normalized spacial score (nSPS) is 16.0. The minimum atomic E-state index is 0.787.